The standard InChI is InChI=1S/C19H26N4O2/c1-3-22-10-8-20-18(22)13-23-9-4-5-17(23)16-12-15(6-7-19(24)25)11-14(2)21-16/h8,10-12,17H,3-7,9,13H2,1-2H3,(H,24,25)/t17-/m1/s1. The van der Waals surface area contributed by atoms with Crippen LogP contribution >= 0.6 is 0 Å². The summed E-state index contributed by atoms with van der Waals surface area (Å²) < 4.78 is 2.18. The molecule has 1 saturated heterocycles. The molecule has 3 rings (SSSR count). The maximum absolute atomic E-state index is 10.9. The van der Waals surface area contributed by atoms with E-state index in [1.807, 2.05) is 25.4 Å². The number of likely N-dealkylation sites (tertiary alicyclic amines) is 1. The maximum Gasteiger partial charge on any atom is 0.303 e. The van der Waals surface area contributed by atoms with Gasteiger partial charge in [-0.15, -0.1) is 0 Å². The minimum absolute atomic E-state index is 0.158. The Morgan fingerprint density at radius 1 is 1.40 bits per heavy atom. The molecule has 1 aliphatic rings. The molecule has 0 spiro atoms. The van der Waals surface area contributed by atoms with Gasteiger partial charge in [-0.2, -0.15) is 0 Å². The Kier molecular flexibility index (Phi) is 5.48. The molecule has 1 aliphatic heterocycles. The normalized spacial score (nSPS) is 17.9. The van der Waals surface area contributed by atoms with Gasteiger partial charge in [0.15, 0.2) is 0 Å². The fraction of sp³-hybridized carbons (Fsp3) is 0.526. The van der Waals surface area contributed by atoms with E-state index < -0.39 is 5.97 Å². The van der Waals surface area contributed by atoms with Gasteiger partial charge in [-0.1, -0.05) is 0 Å². The van der Waals surface area contributed by atoms with E-state index in [0.29, 0.717) is 6.42 Å². The lowest BCUT2D eigenvalue weighted by molar-refractivity contribution is -0.136. The van der Waals surface area contributed by atoms with E-state index in [0.717, 1.165) is 55.3 Å². The first-order valence-corrected chi connectivity index (χ1v) is 9.00. The second kappa shape index (κ2) is 7.78. The number of carboxylic acids is 1. The van der Waals surface area contributed by atoms with Crippen molar-refractivity contribution in [2.45, 2.75) is 58.7 Å². The van der Waals surface area contributed by atoms with Crippen molar-refractivity contribution >= 4 is 5.97 Å². The zero-order valence-electron chi connectivity index (χ0n) is 15.0. The highest BCUT2D eigenvalue weighted by molar-refractivity contribution is 5.67. The minimum Gasteiger partial charge on any atom is -0.481 e. The predicted molar refractivity (Wildman–Crippen MR) is 95.2 cm³/mol. The molecular weight excluding hydrogens is 316 g/mol. The fourth-order valence-corrected chi connectivity index (χ4v) is 3.65. The highest BCUT2D eigenvalue weighted by atomic mass is 16.4. The number of pyridine rings is 1. The molecule has 1 N–H and O–H groups in total. The summed E-state index contributed by atoms with van der Waals surface area (Å²) >= 11 is 0. The molecule has 1 atom stereocenters. The van der Waals surface area contributed by atoms with Crippen molar-refractivity contribution in [2.24, 2.45) is 0 Å². The van der Waals surface area contributed by atoms with Crippen molar-refractivity contribution in [3.63, 3.8) is 0 Å². The average Bonchev–Trinajstić information content (AvgIpc) is 3.22. The Morgan fingerprint density at radius 2 is 2.24 bits per heavy atom. The van der Waals surface area contributed by atoms with Gasteiger partial charge in [0.2, 0.25) is 0 Å². The smallest absolute Gasteiger partial charge is 0.303 e. The third-order valence-corrected chi connectivity index (χ3v) is 4.85. The van der Waals surface area contributed by atoms with Crippen LogP contribution in [0.4, 0.5) is 0 Å². The molecule has 3 heterocycles. The van der Waals surface area contributed by atoms with Crippen LogP contribution in [0.2, 0.25) is 0 Å². The molecule has 6 nitrogen and oxygen atoms in total. The molecule has 0 radical (unpaired) electrons. The van der Waals surface area contributed by atoms with E-state index >= 15 is 0 Å². The van der Waals surface area contributed by atoms with Crippen molar-refractivity contribution in [3.8, 4) is 0 Å². The molecule has 6 heteroatoms. The lowest BCUT2D eigenvalue weighted by Gasteiger charge is -2.24. The van der Waals surface area contributed by atoms with Crippen LogP contribution in [0.15, 0.2) is 24.5 Å². The molecule has 0 saturated carbocycles. The Bertz CT molecular complexity index is 741. The third-order valence-electron chi connectivity index (χ3n) is 4.85. The van der Waals surface area contributed by atoms with Gasteiger partial charge in [0.1, 0.15) is 5.82 Å². The van der Waals surface area contributed by atoms with Crippen molar-refractivity contribution in [1.29, 1.82) is 0 Å². The van der Waals surface area contributed by atoms with Gasteiger partial charge in [-0.05, 0) is 57.4 Å². The van der Waals surface area contributed by atoms with Crippen LogP contribution in [0.3, 0.4) is 0 Å². The number of aryl methyl sites for hydroxylation is 3. The molecule has 25 heavy (non-hydrogen) atoms. The first-order valence-electron chi connectivity index (χ1n) is 9.00. The molecule has 0 bridgehead atoms. The molecule has 1 fully saturated rings. The predicted octanol–water partition coefficient (Wildman–Crippen LogP) is 2.96. The highest BCUT2D eigenvalue weighted by Crippen LogP contribution is 2.32. The van der Waals surface area contributed by atoms with Gasteiger partial charge in [0.05, 0.1) is 18.3 Å². The van der Waals surface area contributed by atoms with Gasteiger partial charge in [-0.25, -0.2) is 4.98 Å². The number of aliphatic carboxylic acids is 1. The number of nitrogens with zero attached hydrogens (tertiary/aromatic N) is 4. The van der Waals surface area contributed by atoms with Crippen LogP contribution in [0.5, 0.6) is 0 Å². The van der Waals surface area contributed by atoms with Gasteiger partial charge in [0, 0.05) is 31.1 Å². The average molecular weight is 342 g/mol. The number of hydrogen-bond donors (Lipinski definition) is 1. The monoisotopic (exact) mass is 342 g/mol. The Balaban J connectivity index is 1.78. The molecule has 2 aromatic rings. The van der Waals surface area contributed by atoms with E-state index in [-0.39, 0.29) is 12.5 Å². The van der Waals surface area contributed by atoms with Crippen molar-refractivity contribution in [2.75, 3.05) is 6.54 Å². The summed E-state index contributed by atoms with van der Waals surface area (Å²) in [7, 11) is 0. The van der Waals surface area contributed by atoms with E-state index in [4.69, 9.17) is 10.1 Å². The lowest BCUT2D eigenvalue weighted by atomic mass is 10.0. The third kappa shape index (κ3) is 4.25. The molecule has 0 aliphatic carbocycles. The van der Waals surface area contributed by atoms with Gasteiger partial charge in [-0.3, -0.25) is 14.7 Å². The number of rotatable bonds is 7. The fourth-order valence-electron chi connectivity index (χ4n) is 3.65. The van der Waals surface area contributed by atoms with E-state index in [2.05, 4.69) is 27.4 Å². The molecule has 2 aromatic heterocycles. The van der Waals surface area contributed by atoms with Crippen LogP contribution in [-0.4, -0.2) is 37.1 Å². The summed E-state index contributed by atoms with van der Waals surface area (Å²) in [6, 6.07) is 4.37. The lowest BCUT2D eigenvalue weighted by Crippen LogP contribution is -2.25. The first kappa shape index (κ1) is 17.6. The summed E-state index contributed by atoms with van der Waals surface area (Å²) in [5.74, 6) is 0.332. The minimum atomic E-state index is -0.759. The summed E-state index contributed by atoms with van der Waals surface area (Å²) in [6.07, 6.45) is 6.83. The van der Waals surface area contributed by atoms with Crippen molar-refractivity contribution in [1.82, 2.24) is 19.4 Å². The Hall–Kier alpha value is -2.21. The van der Waals surface area contributed by atoms with Crippen LogP contribution < -0.4 is 0 Å². The number of carboxylic acid groups (broad SMARTS) is 1. The SMILES string of the molecule is CCn1ccnc1CN1CCC[C@@H]1c1cc(CCC(=O)O)cc(C)n1. The summed E-state index contributed by atoms with van der Waals surface area (Å²) in [4.78, 5) is 22.5. The topological polar surface area (TPSA) is 71.2 Å². The van der Waals surface area contributed by atoms with Gasteiger partial charge in [0.25, 0.3) is 0 Å². The number of hydrogen-bond acceptors (Lipinski definition) is 4. The first-order chi connectivity index (χ1) is 12.1. The van der Waals surface area contributed by atoms with E-state index in [1.165, 1.54) is 0 Å². The summed E-state index contributed by atoms with van der Waals surface area (Å²) in [5.41, 5.74) is 3.08. The van der Waals surface area contributed by atoms with Gasteiger partial charge >= 0.3 is 5.97 Å². The van der Waals surface area contributed by atoms with E-state index in [9.17, 15) is 4.79 Å². The van der Waals surface area contributed by atoms with Crippen molar-refractivity contribution in [3.05, 3.63) is 47.3 Å². The summed E-state index contributed by atoms with van der Waals surface area (Å²) in [6.45, 7) is 6.91. The molecule has 0 aromatic carbocycles. The van der Waals surface area contributed by atoms with Crippen LogP contribution in [0.1, 0.15) is 55.0 Å². The molecule has 0 unspecified atom stereocenters. The zero-order valence-corrected chi connectivity index (χ0v) is 15.0. The second-order valence-corrected chi connectivity index (χ2v) is 6.69. The Morgan fingerprint density at radius 3 is 3.00 bits per heavy atom. The number of aromatic nitrogens is 3. The van der Waals surface area contributed by atoms with Crippen LogP contribution in [-0.2, 0) is 24.3 Å². The quantitative estimate of drug-likeness (QED) is 0.837. The van der Waals surface area contributed by atoms with E-state index in [1.54, 1.807) is 0 Å². The number of imidazole rings is 1. The zero-order chi connectivity index (χ0) is 17.8. The molecule has 0 amide bonds. The van der Waals surface area contributed by atoms with Crippen molar-refractivity contribution < 1.29 is 9.90 Å². The number of carbonyl (C=O) groups is 1. The van der Waals surface area contributed by atoms with Gasteiger partial charge < -0.3 is 9.67 Å². The molecule has 134 valence electrons. The second-order valence-electron chi connectivity index (χ2n) is 6.69. The highest BCUT2D eigenvalue weighted by Gasteiger charge is 2.28. The maximum atomic E-state index is 10.9. The van der Waals surface area contributed by atoms with Crippen LogP contribution in [0, 0.1) is 6.92 Å². The molecular formula is C19H26N4O2. The summed E-state index contributed by atoms with van der Waals surface area (Å²) in [5, 5.41) is 8.93. The largest absolute Gasteiger partial charge is 0.481 e. The van der Waals surface area contributed by atoms with Crippen LogP contribution in [0.25, 0.3) is 0 Å². The Labute approximate surface area is 148 Å².